The Balaban J connectivity index is 2.54. The molecule has 0 saturated carbocycles. The summed E-state index contributed by atoms with van der Waals surface area (Å²) in [5.41, 5.74) is 5.90. The second-order valence-corrected chi connectivity index (χ2v) is 3.84. The lowest BCUT2D eigenvalue weighted by molar-refractivity contribution is -0.117. The summed E-state index contributed by atoms with van der Waals surface area (Å²) >= 11 is 0. The van der Waals surface area contributed by atoms with Crippen LogP contribution in [0.3, 0.4) is 0 Å². The maximum Gasteiger partial charge on any atom is 0.231 e. The summed E-state index contributed by atoms with van der Waals surface area (Å²) in [4.78, 5) is 10.5. The van der Waals surface area contributed by atoms with Crippen molar-refractivity contribution in [1.82, 2.24) is 5.32 Å². The van der Waals surface area contributed by atoms with E-state index in [0.717, 1.165) is 0 Å². The van der Waals surface area contributed by atoms with Gasteiger partial charge in [-0.3, -0.25) is 4.79 Å². The van der Waals surface area contributed by atoms with Crippen LogP contribution in [-0.2, 0) is 4.79 Å². The van der Waals surface area contributed by atoms with Crippen LogP contribution in [0.25, 0.3) is 0 Å². The van der Waals surface area contributed by atoms with Crippen LogP contribution < -0.4 is 11.1 Å². The molecule has 0 aromatic heterocycles. The molecule has 0 radical (unpaired) electrons. The molecule has 1 rings (SSSR count). The van der Waals surface area contributed by atoms with E-state index in [1.165, 1.54) is 0 Å². The zero-order chi connectivity index (χ0) is 13.5. The summed E-state index contributed by atoms with van der Waals surface area (Å²) in [6.45, 7) is -0.0126. The molecule has 0 aliphatic heterocycles. The number of nitrogens with one attached hydrogen (secondary N) is 1. The van der Waals surface area contributed by atoms with Crippen LogP contribution in [0.2, 0.25) is 0 Å². The molecule has 0 heterocycles. The number of nitrogens with two attached hydrogens (primary N) is 1. The molecular formula is C12H15N3O3. The van der Waals surface area contributed by atoms with Gasteiger partial charge in [0.2, 0.25) is 5.91 Å². The van der Waals surface area contributed by atoms with Crippen molar-refractivity contribution in [3.05, 3.63) is 35.4 Å². The van der Waals surface area contributed by atoms with Crippen molar-refractivity contribution < 1.29 is 15.0 Å². The Hall–Kier alpha value is -1.94. The fourth-order valence-corrected chi connectivity index (χ4v) is 1.43. The van der Waals surface area contributed by atoms with Gasteiger partial charge in [-0.05, 0) is 17.7 Å². The van der Waals surface area contributed by atoms with Gasteiger partial charge >= 0.3 is 0 Å². The highest BCUT2D eigenvalue weighted by atomic mass is 16.3. The third-order valence-corrected chi connectivity index (χ3v) is 2.40. The van der Waals surface area contributed by atoms with Gasteiger partial charge < -0.3 is 21.3 Å². The maximum absolute atomic E-state index is 10.5. The first kappa shape index (κ1) is 14.1. The monoisotopic (exact) mass is 249 g/mol. The molecule has 2 atom stereocenters. The minimum Gasteiger partial charge on any atom is -0.389 e. The predicted octanol–water partition coefficient (Wildman–Crippen LogP) is -0.973. The Labute approximate surface area is 105 Å². The Morgan fingerprint density at radius 3 is 2.50 bits per heavy atom. The fraction of sp³-hybridized carbons (Fsp3) is 0.333. The molecule has 2 unspecified atom stereocenters. The van der Waals surface area contributed by atoms with Gasteiger partial charge in [-0.2, -0.15) is 5.26 Å². The minimum absolute atomic E-state index is 0.0457. The van der Waals surface area contributed by atoms with E-state index < -0.39 is 18.1 Å². The number of nitrogens with zero attached hydrogens (tertiary/aromatic N) is 1. The van der Waals surface area contributed by atoms with E-state index >= 15 is 0 Å². The smallest absolute Gasteiger partial charge is 0.231 e. The fourth-order valence-electron chi connectivity index (χ4n) is 1.43. The summed E-state index contributed by atoms with van der Waals surface area (Å²) in [7, 11) is 0. The highest BCUT2D eigenvalue weighted by Crippen LogP contribution is 2.17. The highest BCUT2D eigenvalue weighted by molar-refractivity contribution is 5.75. The number of primary amides is 1. The van der Waals surface area contributed by atoms with Gasteiger partial charge in [-0.25, -0.2) is 0 Å². The maximum atomic E-state index is 10.5. The lowest BCUT2D eigenvalue weighted by atomic mass is 10.0. The molecule has 5 N–H and O–H groups in total. The van der Waals surface area contributed by atoms with Crippen LogP contribution in [0.1, 0.15) is 17.2 Å². The van der Waals surface area contributed by atoms with E-state index in [1.807, 2.05) is 6.07 Å². The second-order valence-electron chi connectivity index (χ2n) is 3.84. The van der Waals surface area contributed by atoms with E-state index in [9.17, 15) is 15.0 Å². The molecule has 1 aromatic carbocycles. The van der Waals surface area contributed by atoms with Crippen LogP contribution in [0.5, 0.6) is 0 Å². The predicted molar refractivity (Wildman–Crippen MR) is 64.2 cm³/mol. The molecule has 0 saturated heterocycles. The van der Waals surface area contributed by atoms with E-state index in [4.69, 9.17) is 11.0 Å². The van der Waals surface area contributed by atoms with Crippen LogP contribution in [0, 0.1) is 11.3 Å². The molecule has 0 spiro atoms. The van der Waals surface area contributed by atoms with E-state index in [1.54, 1.807) is 24.3 Å². The second kappa shape index (κ2) is 6.71. The van der Waals surface area contributed by atoms with Crippen molar-refractivity contribution in [3.8, 4) is 6.07 Å². The van der Waals surface area contributed by atoms with Gasteiger partial charge in [0.25, 0.3) is 0 Å². The number of carbonyl (C=O) groups is 1. The molecule has 6 nitrogen and oxygen atoms in total. The Morgan fingerprint density at radius 1 is 1.39 bits per heavy atom. The number of aliphatic hydroxyl groups is 2. The summed E-state index contributed by atoms with van der Waals surface area (Å²) in [6, 6.07) is 8.22. The van der Waals surface area contributed by atoms with Gasteiger partial charge in [0.05, 0.1) is 24.3 Å². The first-order valence-corrected chi connectivity index (χ1v) is 5.40. The van der Waals surface area contributed by atoms with Crippen molar-refractivity contribution in [3.63, 3.8) is 0 Å². The van der Waals surface area contributed by atoms with Crippen LogP contribution in [0.4, 0.5) is 0 Å². The highest BCUT2D eigenvalue weighted by Gasteiger charge is 2.17. The Morgan fingerprint density at radius 2 is 2.00 bits per heavy atom. The summed E-state index contributed by atoms with van der Waals surface area (Å²) in [6.07, 6.45) is -2.14. The van der Waals surface area contributed by atoms with Gasteiger partial charge in [-0.15, -0.1) is 0 Å². The van der Waals surface area contributed by atoms with Crippen LogP contribution in [0.15, 0.2) is 24.3 Å². The number of benzene rings is 1. The number of hydrogen-bond acceptors (Lipinski definition) is 5. The molecule has 0 fully saturated rings. The first-order chi connectivity index (χ1) is 8.54. The molecule has 0 aliphatic rings. The van der Waals surface area contributed by atoms with Gasteiger partial charge in [0, 0.05) is 6.54 Å². The summed E-state index contributed by atoms with van der Waals surface area (Å²) in [5, 5.41) is 30.8. The van der Waals surface area contributed by atoms with Crippen molar-refractivity contribution in [2.24, 2.45) is 5.73 Å². The third-order valence-electron chi connectivity index (χ3n) is 2.40. The summed E-state index contributed by atoms with van der Waals surface area (Å²) in [5.74, 6) is -0.532. The van der Waals surface area contributed by atoms with Crippen molar-refractivity contribution >= 4 is 5.91 Å². The van der Waals surface area contributed by atoms with E-state index in [0.29, 0.717) is 11.1 Å². The molecule has 0 aliphatic carbocycles. The van der Waals surface area contributed by atoms with Gasteiger partial charge in [-0.1, -0.05) is 12.1 Å². The van der Waals surface area contributed by atoms with Gasteiger partial charge in [0.15, 0.2) is 0 Å². The number of aliphatic hydroxyl groups excluding tert-OH is 2. The average molecular weight is 249 g/mol. The average Bonchev–Trinajstić information content (AvgIpc) is 2.37. The lowest BCUT2D eigenvalue weighted by Gasteiger charge is -2.18. The zero-order valence-electron chi connectivity index (χ0n) is 9.71. The number of hydrogen-bond donors (Lipinski definition) is 4. The molecule has 1 aromatic rings. The minimum atomic E-state index is -1.09. The van der Waals surface area contributed by atoms with Crippen molar-refractivity contribution in [1.29, 1.82) is 5.26 Å². The molecule has 0 bridgehead atoms. The normalized spacial score (nSPS) is 13.6. The standard InChI is InChI=1S/C12H15N3O3/c13-5-8-1-3-9(4-2-8)12(18)10(16)6-15-7-11(14)17/h1-4,10,12,15-16,18H,6-7H2,(H2,14,17). The zero-order valence-corrected chi connectivity index (χ0v) is 9.71. The summed E-state index contributed by atoms with van der Waals surface area (Å²) < 4.78 is 0. The lowest BCUT2D eigenvalue weighted by Crippen LogP contribution is -2.36. The Bertz CT molecular complexity index is 439. The first-order valence-electron chi connectivity index (χ1n) is 5.40. The molecule has 96 valence electrons. The quantitative estimate of drug-likeness (QED) is 0.517. The van der Waals surface area contributed by atoms with Crippen molar-refractivity contribution in [2.75, 3.05) is 13.1 Å². The van der Waals surface area contributed by atoms with E-state index in [2.05, 4.69) is 5.32 Å². The van der Waals surface area contributed by atoms with Crippen LogP contribution in [-0.4, -0.2) is 35.3 Å². The Kier molecular flexibility index (Phi) is 5.27. The molecule has 18 heavy (non-hydrogen) atoms. The van der Waals surface area contributed by atoms with E-state index in [-0.39, 0.29) is 13.1 Å². The topological polar surface area (TPSA) is 119 Å². The van der Waals surface area contributed by atoms with Crippen LogP contribution >= 0.6 is 0 Å². The van der Waals surface area contributed by atoms with Crippen molar-refractivity contribution in [2.45, 2.75) is 12.2 Å². The number of amides is 1. The number of carbonyl (C=O) groups excluding carboxylic acids is 1. The number of nitriles is 1. The molecule has 6 heteroatoms. The largest absolute Gasteiger partial charge is 0.389 e. The number of rotatable bonds is 6. The van der Waals surface area contributed by atoms with Gasteiger partial charge in [0.1, 0.15) is 6.10 Å². The third kappa shape index (κ3) is 4.14. The molecule has 1 amide bonds. The molecular weight excluding hydrogens is 234 g/mol. The SMILES string of the molecule is N#Cc1ccc(C(O)C(O)CNCC(N)=O)cc1.